The molecule has 1 aromatic heterocycles. The standard InChI is InChI=1S/C20H21F4N3O3S/c1-13-12-31-20(25-13)27-8-2-7-26(9-10-27)17(28)6-4-14-3-5-15(29-18(21)22)11-16(14)30-19(23)24/h3-6,11-12,18-19H,2,7-10H2,1H3/b6-4+. The molecule has 2 aromatic rings. The molecule has 1 fully saturated rings. The quantitative estimate of drug-likeness (QED) is 0.454. The molecule has 0 saturated carbocycles. The van der Waals surface area contributed by atoms with E-state index < -0.39 is 13.2 Å². The minimum absolute atomic E-state index is 0.143. The third kappa shape index (κ3) is 6.58. The summed E-state index contributed by atoms with van der Waals surface area (Å²) in [5.41, 5.74) is 1.09. The molecule has 31 heavy (non-hydrogen) atoms. The van der Waals surface area contributed by atoms with Crippen molar-refractivity contribution in [2.75, 3.05) is 31.1 Å². The number of anilines is 1. The van der Waals surface area contributed by atoms with Gasteiger partial charge in [0.15, 0.2) is 5.13 Å². The van der Waals surface area contributed by atoms with Crippen LogP contribution in [-0.2, 0) is 4.79 Å². The molecule has 168 valence electrons. The summed E-state index contributed by atoms with van der Waals surface area (Å²) in [6, 6.07) is 3.39. The maximum absolute atomic E-state index is 12.7. The zero-order valence-electron chi connectivity index (χ0n) is 16.6. The van der Waals surface area contributed by atoms with E-state index in [1.807, 2.05) is 12.3 Å². The number of carbonyl (C=O) groups is 1. The number of alkyl halides is 4. The van der Waals surface area contributed by atoms with Crippen molar-refractivity contribution >= 4 is 28.5 Å². The van der Waals surface area contributed by atoms with Gasteiger partial charge in [0.1, 0.15) is 11.5 Å². The van der Waals surface area contributed by atoms with Gasteiger partial charge in [-0.05, 0) is 31.6 Å². The summed E-state index contributed by atoms with van der Waals surface area (Å²) in [6.45, 7) is -1.88. The first-order valence-electron chi connectivity index (χ1n) is 9.49. The monoisotopic (exact) mass is 459 g/mol. The van der Waals surface area contributed by atoms with Crippen LogP contribution in [0.5, 0.6) is 11.5 Å². The summed E-state index contributed by atoms with van der Waals surface area (Å²) in [5.74, 6) is -0.967. The van der Waals surface area contributed by atoms with Gasteiger partial charge in [0, 0.05) is 49.3 Å². The number of benzene rings is 1. The summed E-state index contributed by atoms with van der Waals surface area (Å²) < 4.78 is 58.7. The van der Waals surface area contributed by atoms with Crippen LogP contribution in [0.2, 0.25) is 0 Å². The second kappa shape index (κ2) is 10.5. The molecule has 0 spiro atoms. The molecule has 11 heteroatoms. The fraction of sp³-hybridized carbons (Fsp3) is 0.400. The first-order chi connectivity index (χ1) is 14.8. The second-order valence-corrected chi connectivity index (χ2v) is 7.56. The molecule has 0 N–H and O–H groups in total. The van der Waals surface area contributed by atoms with E-state index in [0.29, 0.717) is 19.6 Å². The fourth-order valence-corrected chi connectivity index (χ4v) is 3.97. The summed E-state index contributed by atoms with van der Waals surface area (Å²) >= 11 is 1.56. The first kappa shape index (κ1) is 22.9. The zero-order valence-corrected chi connectivity index (χ0v) is 17.5. The molecule has 0 radical (unpaired) electrons. The molecule has 3 rings (SSSR count). The number of aromatic nitrogens is 1. The number of nitrogens with zero attached hydrogens (tertiary/aromatic N) is 3. The average Bonchev–Trinajstić information content (AvgIpc) is 2.98. The first-order valence-corrected chi connectivity index (χ1v) is 10.4. The van der Waals surface area contributed by atoms with Gasteiger partial charge in [-0.2, -0.15) is 17.6 Å². The number of aryl methyl sites for hydroxylation is 1. The van der Waals surface area contributed by atoms with Gasteiger partial charge in [-0.25, -0.2) is 4.98 Å². The lowest BCUT2D eigenvalue weighted by Crippen LogP contribution is -2.34. The minimum atomic E-state index is -3.16. The van der Waals surface area contributed by atoms with Crippen molar-refractivity contribution in [1.29, 1.82) is 0 Å². The Morgan fingerprint density at radius 1 is 1.13 bits per heavy atom. The van der Waals surface area contributed by atoms with Crippen LogP contribution in [0.1, 0.15) is 17.7 Å². The van der Waals surface area contributed by atoms with Gasteiger partial charge < -0.3 is 19.3 Å². The molecule has 0 unspecified atom stereocenters. The lowest BCUT2D eigenvalue weighted by molar-refractivity contribution is -0.125. The van der Waals surface area contributed by atoms with Crippen molar-refractivity contribution in [3.05, 3.63) is 40.9 Å². The summed E-state index contributed by atoms with van der Waals surface area (Å²) in [6.07, 6.45) is 3.33. The number of carbonyl (C=O) groups excluding carboxylic acids is 1. The lowest BCUT2D eigenvalue weighted by atomic mass is 10.1. The maximum atomic E-state index is 12.7. The Morgan fingerprint density at radius 2 is 1.90 bits per heavy atom. The van der Waals surface area contributed by atoms with E-state index in [1.54, 1.807) is 16.2 Å². The molecule has 0 atom stereocenters. The molecular weight excluding hydrogens is 438 g/mol. The third-order valence-corrected chi connectivity index (χ3v) is 5.54. The van der Waals surface area contributed by atoms with Gasteiger partial charge in [-0.15, -0.1) is 11.3 Å². The summed E-state index contributed by atoms with van der Waals surface area (Å²) in [5, 5.41) is 2.89. The van der Waals surface area contributed by atoms with Crippen LogP contribution in [0.15, 0.2) is 29.7 Å². The molecule has 1 saturated heterocycles. The Hall–Kier alpha value is -2.82. The Bertz CT molecular complexity index is 923. The van der Waals surface area contributed by atoms with Crippen LogP contribution in [0.3, 0.4) is 0 Å². The van der Waals surface area contributed by atoms with Gasteiger partial charge in [-0.1, -0.05) is 0 Å². The molecule has 1 amide bonds. The van der Waals surface area contributed by atoms with E-state index in [-0.39, 0.29) is 23.0 Å². The van der Waals surface area contributed by atoms with Gasteiger partial charge >= 0.3 is 13.2 Å². The predicted molar refractivity (Wildman–Crippen MR) is 109 cm³/mol. The number of amides is 1. The summed E-state index contributed by atoms with van der Waals surface area (Å²) in [7, 11) is 0. The van der Waals surface area contributed by atoms with E-state index in [4.69, 9.17) is 0 Å². The Labute approximate surface area is 180 Å². The number of halogens is 4. The van der Waals surface area contributed by atoms with Crippen LogP contribution < -0.4 is 14.4 Å². The van der Waals surface area contributed by atoms with Crippen LogP contribution in [0.4, 0.5) is 22.7 Å². The average molecular weight is 459 g/mol. The van der Waals surface area contributed by atoms with Gasteiger partial charge in [0.2, 0.25) is 5.91 Å². The number of ether oxygens (including phenoxy) is 2. The van der Waals surface area contributed by atoms with Crippen LogP contribution in [0, 0.1) is 6.92 Å². The van der Waals surface area contributed by atoms with E-state index >= 15 is 0 Å². The highest BCUT2D eigenvalue weighted by atomic mass is 32.1. The largest absolute Gasteiger partial charge is 0.435 e. The molecule has 0 bridgehead atoms. The van der Waals surface area contributed by atoms with Gasteiger partial charge in [0.25, 0.3) is 0 Å². The number of thiazole rings is 1. The SMILES string of the molecule is Cc1csc(N2CCCN(C(=O)/C=C/c3ccc(OC(F)F)cc3OC(F)F)CC2)n1. The zero-order chi connectivity index (χ0) is 22.4. The molecule has 1 aromatic carbocycles. The number of hydrogen-bond donors (Lipinski definition) is 0. The van der Waals surface area contributed by atoms with Crippen LogP contribution >= 0.6 is 11.3 Å². The second-order valence-electron chi connectivity index (χ2n) is 6.73. The molecular formula is C20H21F4N3O3S. The highest BCUT2D eigenvalue weighted by Crippen LogP contribution is 2.28. The van der Waals surface area contributed by atoms with Gasteiger partial charge in [-0.3, -0.25) is 4.79 Å². The van der Waals surface area contributed by atoms with Crippen LogP contribution in [0.25, 0.3) is 6.08 Å². The third-order valence-electron chi connectivity index (χ3n) is 4.52. The highest BCUT2D eigenvalue weighted by molar-refractivity contribution is 7.13. The topological polar surface area (TPSA) is 54.9 Å². The molecule has 6 nitrogen and oxygen atoms in total. The van der Waals surface area contributed by atoms with E-state index in [0.717, 1.165) is 29.9 Å². The molecule has 1 aliphatic rings. The fourth-order valence-electron chi connectivity index (χ4n) is 3.11. The normalized spacial score (nSPS) is 15.1. The van der Waals surface area contributed by atoms with E-state index in [2.05, 4.69) is 19.4 Å². The van der Waals surface area contributed by atoms with Gasteiger partial charge in [0.05, 0.1) is 5.69 Å². The predicted octanol–water partition coefficient (Wildman–Crippen LogP) is 4.41. The Balaban J connectivity index is 1.67. The minimum Gasteiger partial charge on any atom is -0.435 e. The molecule has 2 heterocycles. The smallest absolute Gasteiger partial charge is 0.387 e. The molecule has 0 aliphatic carbocycles. The van der Waals surface area contributed by atoms with E-state index in [9.17, 15) is 22.4 Å². The van der Waals surface area contributed by atoms with Crippen molar-refractivity contribution in [3.63, 3.8) is 0 Å². The highest BCUT2D eigenvalue weighted by Gasteiger charge is 2.20. The molecule has 1 aliphatic heterocycles. The van der Waals surface area contributed by atoms with Crippen molar-refractivity contribution in [3.8, 4) is 11.5 Å². The maximum Gasteiger partial charge on any atom is 0.387 e. The van der Waals surface area contributed by atoms with Crippen molar-refractivity contribution in [2.24, 2.45) is 0 Å². The lowest BCUT2D eigenvalue weighted by Gasteiger charge is -2.20. The van der Waals surface area contributed by atoms with Crippen LogP contribution in [-0.4, -0.2) is 55.2 Å². The van der Waals surface area contributed by atoms with Crippen molar-refractivity contribution in [1.82, 2.24) is 9.88 Å². The number of rotatable bonds is 7. The summed E-state index contributed by atoms with van der Waals surface area (Å²) in [4.78, 5) is 20.9. The Kier molecular flexibility index (Phi) is 7.72. The van der Waals surface area contributed by atoms with Crippen molar-refractivity contribution < 1.29 is 31.8 Å². The van der Waals surface area contributed by atoms with Crippen molar-refractivity contribution in [2.45, 2.75) is 26.6 Å². The number of hydrogen-bond acceptors (Lipinski definition) is 6. The Morgan fingerprint density at radius 3 is 2.58 bits per heavy atom. The van der Waals surface area contributed by atoms with E-state index in [1.165, 1.54) is 24.3 Å².